The van der Waals surface area contributed by atoms with E-state index in [1.165, 1.54) is 0 Å². The van der Waals surface area contributed by atoms with Gasteiger partial charge in [-0.25, -0.2) is 8.42 Å². The predicted octanol–water partition coefficient (Wildman–Crippen LogP) is 1.57. The van der Waals surface area contributed by atoms with Gasteiger partial charge >= 0.3 is 5.97 Å². The Morgan fingerprint density at radius 2 is 2.05 bits per heavy atom. The first-order chi connectivity index (χ1) is 9.43. The highest BCUT2D eigenvalue weighted by Crippen LogP contribution is 2.09. The van der Waals surface area contributed by atoms with Crippen molar-refractivity contribution in [1.29, 1.82) is 0 Å². The maximum Gasteiger partial charge on any atom is 0.306 e. The zero-order chi connectivity index (χ0) is 15.0. The maximum absolute atomic E-state index is 11.5. The number of hydrogen-bond donors (Lipinski definition) is 1. The highest BCUT2D eigenvalue weighted by molar-refractivity contribution is 7.91. The summed E-state index contributed by atoms with van der Waals surface area (Å²) in [6.45, 7) is 1.73. The van der Waals surface area contributed by atoms with Crippen molar-refractivity contribution in [1.82, 2.24) is 0 Å². The molecule has 0 radical (unpaired) electrons. The van der Waals surface area contributed by atoms with Gasteiger partial charge in [0.1, 0.15) is 6.61 Å². The minimum atomic E-state index is -3.09. The molecular weight excluding hydrogens is 278 g/mol. The number of sulfone groups is 1. The molecule has 0 aliphatic rings. The fourth-order valence-corrected chi connectivity index (χ4v) is 2.93. The molecule has 1 aromatic rings. The first-order valence-corrected chi connectivity index (χ1v) is 8.45. The summed E-state index contributed by atoms with van der Waals surface area (Å²) in [5, 5.41) is 0. The molecule has 0 spiro atoms. The molecular formula is C14H21NO4S. The van der Waals surface area contributed by atoms with Gasteiger partial charge in [-0.05, 0) is 30.5 Å². The van der Waals surface area contributed by atoms with E-state index in [1.54, 1.807) is 19.1 Å². The zero-order valence-electron chi connectivity index (χ0n) is 11.7. The lowest BCUT2D eigenvalue weighted by Crippen LogP contribution is -2.17. The van der Waals surface area contributed by atoms with E-state index in [-0.39, 0.29) is 30.5 Å². The second kappa shape index (κ2) is 7.89. The smallest absolute Gasteiger partial charge is 0.306 e. The highest BCUT2D eigenvalue weighted by atomic mass is 32.2. The third kappa shape index (κ3) is 6.56. The molecule has 0 fully saturated rings. The second-order valence-corrected chi connectivity index (χ2v) is 6.92. The standard InChI is InChI=1S/C14H21NO4S/c1-2-9-20(17,18)10-8-19-14(16)7-6-12-4-3-5-13(15)11-12/h3-5,11H,2,6-10,15H2,1H3. The zero-order valence-corrected chi connectivity index (χ0v) is 12.5. The van der Waals surface area contributed by atoms with Crippen LogP contribution in [-0.2, 0) is 25.8 Å². The molecule has 6 heteroatoms. The summed E-state index contributed by atoms with van der Waals surface area (Å²) in [5.41, 5.74) is 7.25. The molecule has 2 N–H and O–H groups in total. The number of esters is 1. The number of aryl methyl sites for hydroxylation is 1. The molecule has 0 heterocycles. The van der Waals surface area contributed by atoms with E-state index >= 15 is 0 Å². The van der Waals surface area contributed by atoms with Gasteiger partial charge < -0.3 is 10.5 Å². The lowest BCUT2D eigenvalue weighted by molar-refractivity contribution is -0.142. The van der Waals surface area contributed by atoms with Crippen LogP contribution in [0.3, 0.4) is 0 Å². The van der Waals surface area contributed by atoms with Gasteiger partial charge in [0.2, 0.25) is 0 Å². The summed E-state index contributed by atoms with van der Waals surface area (Å²) >= 11 is 0. The number of nitrogens with two attached hydrogens (primary N) is 1. The molecule has 0 aliphatic carbocycles. The maximum atomic E-state index is 11.5. The van der Waals surface area contributed by atoms with Gasteiger partial charge in [-0.1, -0.05) is 19.1 Å². The molecule has 5 nitrogen and oxygen atoms in total. The van der Waals surface area contributed by atoms with E-state index in [0.717, 1.165) is 5.56 Å². The molecule has 0 unspecified atom stereocenters. The van der Waals surface area contributed by atoms with Crippen molar-refractivity contribution in [3.8, 4) is 0 Å². The van der Waals surface area contributed by atoms with Crippen molar-refractivity contribution in [2.75, 3.05) is 23.8 Å². The summed E-state index contributed by atoms with van der Waals surface area (Å²) < 4.78 is 27.8. The van der Waals surface area contributed by atoms with Gasteiger partial charge in [-0.2, -0.15) is 0 Å². The van der Waals surface area contributed by atoms with E-state index in [0.29, 0.717) is 18.5 Å². The fourth-order valence-electron chi connectivity index (χ4n) is 1.76. The average molecular weight is 299 g/mol. The molecule has 1 aromatic carbocycles. The van der Waals surface area contributed by atoms with Crippen molar-refractivity contribution in [3.05, 3.63) is 29.8 Å². The summed E-state index contributed by atoms with van der Waals surface area (Å²) in [6, 6.07) is 7.29. The Balaban J connectivity index is 2.27. The van der Waals surface area contributed by atoms with Crippen LogP contribution in [0.2, 0.25) is 0 Å². The SMILES string of the molecule is CCCS(=O)(=O)CCOC(=O)CCc1cccc(N)c1. The van der Waals surface area contributed by atoms with Crippen molar-refractivity contribution < 1.29 is 17.9 Å². The number of nitrogen functional groups attached to an aromatic ring is 1. The summed E-state index contributed by atoms with van der Waals surface area (Å²) in [6.07, 6.45) is 1.33. The Kier molecular flexibility index (Phi) is 6.51. The van der Waals surface area contributed by atoms with Crippen LogP contribution in [0.4, 0.5) is 5.69 Å². The van der Waals surface area contributed by atoms with Crippen molar-refractivity contribution in [2.45, 2.75) is 26.2 Å². The topological polar surface area (TPSA) is 86.5 Å². The number of benzene rings is 1. The lowest BCUT2D eigenvalue weighted by atomic mass is 10.1. The lowest BCUT2D eigenvalue weighted by Gasteiger charge is -2.06. The number of anilines is 1. The quantitative estimate of drug-likeness (QED) is 0.581. The van der Waals surface area contributed by atoms with Crippen LogP contribution in [0.25, 0.3) is 0 Å². The Morgan fingerprint density at radius 1 is 1.30 bits per heavy atom. The third-order valence-corrected chi connectivity index (χ3v) is 4.56. The van der Waals surface area contributed by atoms with E-state index in [1.807, 2.05) is 12.1 Å². The Hall–Kier alpha value is -1.56. The summed E-state index contributed by atoms with van der Waals surface area (Å²) in [4.78, 5) is 11.5. The van der Waals surface area contributed by atoms with E-state index in [2.05, 4.69) is 0 Å². The molecule has 112 valence electrons. The molecule has 0 atom stereocenters. The van der Waals surface area contributed by atoms with E-state index < -0.39 is 9.84 Å². The average Bonchev–Trinajstić information content (AvgIpc) is 2.36. The third-order valence-electron chi connectivity index (χ3n) is 2.74. The van der Waals surface area contributed by atoms with Gasteiger partial charge in [-0.3, -0.25) is 4.79 Å². The van der Waals surface area contributed by atoms with Crippen molar-refractivity contribution in [2.24, 2.45) is 0 Å². The van der Waals surface area contributed by atoms with Gasteiger partial charge in [0, 0.05) is 12.1 Å². The molecule has 0 saturated carbocycles. The van der Waals surface area contributed by atoms with Crippen LogP contribution >= 0.6 is 0 Å². The van der Waals surface area contributed by atoms with Gasteiger partial charge in [-0.15, -0.1) is 0 Å². The number of carbonyl (C=O) groups is 1. The number of ether oxygens (including phenoxy) is 1. The first-order valence-electron chi connectivity index (χ1n) is 6.63. The van der Waals surface area contributed by atoms with Crippen LogP contribution in [0.15, 0.2) is 24.3 Å². The van der Waals surface area contributed by atoms with Gasteiger partial charge in [0.15, 0.2) is 9.84 Å². The molecule has 0 aromatic heterocycles. The fraction of sp³-hybridized carbons (Fsp3) is 0.500. The highest BCUT2D eigenvalue weighted by Gasteiger charge is 2.11. The van der Waals surface area contributed by atoms with Crippen LogP contribution in [0, 0.1) is 0 Å². The van der Waals surface area contributed by atoms with Gasteiger partial charge in [0.25, 0.3) is 0 Å². The second-order valence-electron chi connectivity index (χ2n) is 4.62. The minimum Gasteiger partial charge on any atom is -0.465 e. The summed E-state index contributed by atoms with van der Waals surface area (Å²) in [7, 11) is -3.09. The predicted molar refractivity (Wildman–Crippen MR) is 79.1 cm³/mol. The first kappa shape index (κ1) is 16.5. The Labute approximate surface area is 120 Å². The van der Waals surface area contributed by atoms with Gasteiger partial charge in [0.05, 0.1) is 11.5 Å². The van der Waals surface area contributed by atoms with Crippen LogP contribution < -0.4 is 5.73 Å². The molecule has 0 amide bonds. The van der Waals surface area contributed by atoms with Crippen LogP contribution in [0.1, 0.15) is 25.3 Å². The summed E-state index contributed by atoms with van der Waals surface area (Å²) in [5.74, 6) is -0.363. The normalized spacial score (nSPS) is 11.2. The van der Waals surface area contributed by atoms with Crippen molar-refractivity contribution >= 4 is 21.5 Å². The largest absolute Gasteiger partial charge is 0.465 e. The van der Waals surface area contributed by atoms with Crippen LogP contribution in [-0.4, -0.2) is 32.5 Å². The Bertz CT molecular complexity index is 540. The monoisotopic (exact) mass is 299 g/mol. The van der Waals surface area contributed by atoms with E-state index in [4.69, 9.17) is 10.5 Å². The van der Waals surface area contributed by atoms with E-state index in [9.17, 15) is 13.2 Å². The Morgan fingerprint density at radius 3 is 2.70 bits per heavy atom. The van der Waals surface area contributed by atoms with Crippen LogP contribution in [0.5, 0.6) is 0 Å². The molecule has 0 aliphatic heterocycles. The number of carbonyl (C=O) groups excluding carboxylic acids is 1. The molecule has 20 heavy (non-hydrogen) atoms. The van der Waals surface area contributed by atoms with Crippen molar-refractivity contribution in [3.63, 3.8) is 0 Å². The number of hydrogen-bond acceptors (Lipinski definition) is 5. The molecule has 0 bridgehead atoms. The molecule has 0 saturated heterocycles. The molecule has 1 rings (SSSR count). The minimum absolute atomic E-state index is 0.0713. The number of rotatable bonds is 8.